The Hall–Kier alpha value is 0.110. The third kappa shape index (κ3) is 9.67. The topological polar surface area (TPSA) is 44.8 Å². The van der Waals surface area contributed by atoms with Crippen LogP contribution in [0.15, 0.2) is 0 Å². The van der Waals surface area contributed by atoms with Crippen LogP contribution in [0.1, 0.15) is 86.0 Å². The summed E-state index contributed by atoms with van der Waals surface area (Å²) in [5.41, 5.74) is 0. The van der Waals surface area contributed by atoms with Gasteiger partial charge < -0.3 is 0 Å². The number of phosphoric ester groups is 1. The molecule has 0 saturated heterocycles. The molecular formula is C16H35O4P. The lowest BCUT2D eigenvalue weighted by atomic mass is 10.2. The number of unbranched alkanes of at least 4 members (excludes halogenated alkanes) is 1. The molecule has 21 heavy (non-hydrogen) atoms. The molecule has 0 spiro atoms. The summed E-state index contributed by atoms with van der Waals surface area (Å²) < 4.78 is 30.0. The van der Waals surface area contributed by atoms with Gasteiger partial charge in [-0.05, 0) is 32.1 Å². The lowest BCUT2D eigenvalue weighted by Crippen LogP contribution is -2.17. The van der Waals surface area contributed by atoms with Crippen LogP contribution in [0, 0.1) is 0 Å². The van der Waals surface area contributed by atoms with Crippen LogP contribution in [0.2, 0.25) is 0 Å². The summed E-state index contributed by atoms with van der Waals surface area (Å²) in [5, 5.41) is 0. The van der Waals surface area contributed by atoms with Gasteiger partial charge in [-0.25, -0.2) is 4.57 Å². The van der Waals surface area contributed by atoms with Crippen LogP contribution in [-0.4, -0.2) is 18.8 Å². The molecule has 0 bridgehead atoms. The lowest BCUT2D eigenvalue weighted by molar-refractivity contribution is 0.0436. The van der Waals surface area contributed by atoms with Crippen molar-refractivity contribution in [1.29, 1.82) is 0 Å². The van der Waals surface area contributed by atoms with Crippen LogP contribution in [0.4, 0.5) is 0 Å². The molecule has 0 saturated carbocycles. The van der Waals surface area contributed by atoms with Crippen molar-refractivity contribution < 1.29 is 18.1 Å². The predicted molar refractivity (Wildman–Crippen MR) is 88.6 cm³/mol. The molecule has 2 atom stereocenters. The highest BCUT2D eigenvalue weighted by atomic mass is 31.2. The Bertz CT molecular complexity index is 263. The summed E-state index contributed by atoms with van der Waals surface area (Å²) in [4.78, 5) is 0. The van der Waals surface area contributed by atoms with Gasteiger partial charge in [-0.15, -0.1) is 0 Å². The average molecular weight is 322 g/mol. The smallest absolute Gasteiger partial charge is 0.287 e. The fourth-order valence-corrected chi connectivity index (χ4v) is 3.84. The van der Waals surface area contributed by atoms with E-state index >= 15 is 0 Å². The van der Waals surface area contributed by atoms with Crippen LogP contribution in [0.25, 0.3) is 0 Å². The summed E-state index contributed by atoms with van der Waals surface area (Å²) in [6, 6.07) is 0. The second-order valence-corrected chi connectivity index (χ2v) is 7.06. The van der Waals surface area contributed by atoms with Crippen LogP contribution < -0.4 is 0 Å². The summed E-state index contributed by atoms with van der Waals surface area (Å²) in [7, 11) is -3.45. The Labute approximate surface area is 131 Å². The molecule has 4 nitrogen and oxygen atoms in total. The molecule has 128 valence electrons. The first-order valence-electron chi connectivity index (χ1n) is 8.66. The minimum absolute atomic E-state index is 0.0541. The van der Waals surface area contributed by atoms with Crippen molar-refractivity contribution in [3.8, 4) is 0 Å². The highest BCUT2D eigenvalue weighted by Crippen LogP contribution is 2.53. The highest BCUT2D eigenvalue weighted by molar-refractivity contribution is 7.48. The zero-order valence-corrected chi connectivity index (χ0v) is 15.5. The summed E-state index contributed by atoms with van der Waals surface area (Å²) in [6.07, 6.45) is 7.16. The largest absolute Gasteiger partial charge is 0.475 e. The lowest BCUT2D eigenvalue weighted by Gasteiger charge is -2.26. The first-order valence-corrected chi connectivity index (χ1v) is 10.1. The highest BCUT2D eigenvalue weighted by Gasteiger charge is 2.32. The molecule has 0 aromatic carbocycles. The Morgan fingerprint density at radius 2 is 1.29 bits per heavy atom. The maximum absolute atomic E-state index is 12.9. The van der Waals surface area contributed by atoms with Gasteiger partial charge in [-0.2, -0.15) is 0 Å². The van der Waals surface area contributed by atoms with E-state index in [1.54, 1.807) is 0 Å². The van der Waals surface area contributed by atoms with E-state index in [2.05, 4.69) is 20.8 Å². The summed E-state index contributed by atoms with van der Waals surface area (Å²) >= 11 is 0. The molecule has 0 aliphatic carbocycles. The van der Waals surface area contributed by atoms with Crippen LogP contribution >= 0.6 is 7.82 Å². The van der Waals surface area contributed by atoms with Crippen molar-refractivity contribution in [2.45, 2.75) is 98.2 Å². The van der Waals surface area contributed by atoms with Gasteiger partial charge >= 0.3 is 7.82 Å². The number of rotatable bonds is 14. The number of phosphoric acid groups is 1. The fourth-order valence-electron chi connectivity index (χ4n) is 2.08. The van der Waals surface area contributed by atoms with E-state index in [4.69, 9.17) is 13.6 Å². The van der Waals surface area contributed by atoms with Gasteiger partial charge in [0.1, 0.15) is 0 Å². The molecule has 2 unspecified atom stereocenters. The molecular weight excluding hydrogens is 287 g/mol. The van der Waals surface area contributed by atoms with Gasteiger partial charge in [0.05, 0.1) is 18.8 Å². The third-order valence-corrected chi connectivity index (χ3v) is 5.05. The molecule has 0 rings (SSSR count). The standard InChI is InChI=1S/C16H35O4P/c1-6-11-14-18-21(17,19-15(9-4)12-7-2)20-16(10-5)13-8-3/h15-16H,6-14H2,1-5H3. The van der Waals surface area contributed by atoms with E-state index in [1.165, 1.54) is 0 Å². The molecule has 5 heteroatoms. The zero-order valence-electron chi connectivity index (χ0n) is 14.6. The first kappa shape index (κ1) is 21.1. The maximum Gasteiger partial charge on any atom is 0.475 e. The molecule has 0 N–H and O–H groups in total. The minimum atomic E-state index is -3.45. The normalized spacial score (nSPS) is 17.4. The third-order valence-electron chi connectivity index (χ3n) is 3.44. The van der Waals surface area contributed by atoms with Crippen molar-refractivity contribution in [1.82, 2.24) is 0 Å². The maximum atomic E-state index is 12.9. The Morgan fingerprint density at radius 1 is 0.810 bits per heavy atom. The van der Waals surface area contributed by atoms with Crippen molar-refractivity contribution in [3.05, 3.63) is 0 Å². The zero-order chi connectivity index (χ0) is 16.1. The minimum Gasteiger partial charge on any atom is -0.287 e. The average Bonchev–Trinajstić information content (AvgIpc) is 2.46. The van der Waals surface area contributed by atoms with E-state index in [0.717, 1.165) is 51.4 Å². The van der Waals surface area contributed by atoms with E-state index in [9.17, 15) is 4.57 Å². The summed E-state index contributed by atoms with van der Waals surface area (Å²) in [6.45, 7) is 10.8. The van der Waals surface area contributed by atoms with Crippen molar-refractivity contribution in [2.75, 3.05) is 6.61 Å². The molecule has 0 aromatic rings. The van der Waals surface area contributed by atoms with Gasteiger partial charge in [0.25, 0.3) is 0 Å². The Balaban J connectivity index is 4.76. The van der Waals surface area contributed by atoms with E-state index < -0.39 is 7.82 Å². The number of hydrogen-bond acceptors (Lipinski definition) is 4. The van der Waals surface area contributed by atoms with E-state index in [-0.39, 0.29) is 12.2 Å². The molecule has 0 fully saturated rings. The predicted octanol–water partition coefficient (Wildman–Crippen LogP) is 6.10. The van der Waals surface area contributed by atoms with Crippen molar-refractivity contribution in [2.24, 2.45) is 0 Å². The van der Waals surface area contributed by atoms with Gasteiger partial charge in [0.15, 0.2) is 0 Å². The fraction of sp³-hybridized carbons (Fsp3) is 1.00. The SMILES string of the molecule is CCCCOP(=O)(OC(CC)CCC)OC(CC)CCC. The van der Waals surface area contributed by atoms with Crippen molar-refractivity contribution >= 4 is 7.82 Å². The molecule has 0 radical (unpaired) electrons. The molecule has 0 heterocycles. The van der Waals surface area contributed by atoms with Crippen LogP contribution in [-0.2, 0) is 18.1 Å². The molecule has 0 aliphatic rings. The van der Waals surface area contributed by atoms with Crippen molar-refractivity contribution in [3.63, 3.8) is 0 Å². The van der Waals surface area contributed by atoms with Gasteiger partial charge in [-0.1, -0.05) is 53.9 Å². The van der Waals surface area contributed by atoms with E-state index in [1.807, 2.05) is 13.8 Å². The molecule has 0 aliphatic heterocycles. The second-order valence-electron chi connectivity index (χ2n) is 5.48. The van der Waals surface area contributed by atoms with Gasteiger partial charge in [0.2, 0.25) is 0 Å². The van der Waals surface area contributed by atoms with Gasteiger partial charge in [0, 0.05) is 0 Å². The molecule has 0 amide bonds. The Kier molecular flexibility index (Phi) is 12.7. The van der Waals surface area contributed by atoms with E-state index in [0.29, 0.717) is 6.61 Å². The first-order chi connectivity index (χ1) is 10.0. The van der Waals surface area contributed by atoms with Crippen LogP contribution in [0.3, 0.4) is 0 Å². The summed E-state index contributed by atoms with van der Waals surface area (Å²) in [5.74, 6) is 0. The molecule has 0 aromatic heterocycles. The second kappa shape index (κ2) is 12.6. The monoisotopic (exact) mass is 322 g/mol. The Morgan fingerprint density at radius 3 is 1.62 bits per heavy atom. The quantitative estimate of drug-likeness (QED) is 0.286. The number of hydrogen-bond donors (Lipinski definition) is 0. The van der Waals surface area contributed by atoms with Crippen LogP contribution in [0.5, 0.6) is 0 Å². The van der Waals surface area contributed by atoms with Gasteiger partial charge in [-0.3, -0.25) is 13.6 Å².